The molecule has 0 saturated carbocycles. The molecule has 0 bridgehead atoms. The molecule has 0 saturated heterocycles. The normalized spacial score (nSPS) is 11.5. The molecule has 3 aromatic rings. The fourth-order valence-corrected chi connectivity index (χ4v) is 3.06. The van der Waals surface area contributed by atoms with Crippen molar-refractivity contribution < 1.29 is 14.3 Å². The highest BCUT2D eigenvalue weighted by molar-refractivity contribution is 7.13. The number of hydrogen-bond donors (Lipinski definition) is 2. The van der Waals surface area contributed by atoms with Crippen molar-refractivity contribution in [2.45, 2.75) is 26.5 Å². The van der Waals surface area contributed by atoms with Gasteiger partial charge in [-0.3, -0.25) is 4.79 Å². The van der Waals surface area contributed by atoms with Gasteiger partial charge < -0.3 is 15.4 Å². The van der Waals surface area contributed by atoms with Crippen molar-refractivity contribution in [3.8, 4) is 0 Å². The summed E-state index contributed by atoms with van der Waals surface area (Å²) >= 11 is 1.31. The zero-order valence-corrected chi connectivity index (χ0v) is 16.5. The molecule has 0 spiro atoms. The number of ether oxygens (including phenoxy) is 1. The van der Waals surface area contributed by atoms with E-state index in [0.29, 0.717) is 17.4 Å². The number of esters is 1. The van der Waals surface area contributed by atoms with Crippen LogP contribution in [-0.2, 0) is 16.1 Å². The summed E-state index contributed by atoms with van der Waals surface area (Å²) in [6.07, 6.45) is -0.934. The van der Waals surface area contributed by atoms with E-state index in [9.17, 15) is 9.59 Å². The van der Waals surface area contributed by atoms with E-state index in [1.165, 1.54) is 18.3 Å². The number of nitrogens with zero attached hydrogens (tertiary/aromatic N) is 1. The molecule has 1 aromatic heterocycles. The topological polar surface area (TPSA) is 80.3 Å². The Morgan fingerprint density at radius 1 is 1.11 bits per heavy atom. The Labute approximate surface area is 167 Å². The second-order valence-corrected chi connectivity index (χ2v) is 7.14. The first-order chi connectivity index (χ1) is 13.5. The molecule has 7 heteroatoms. The molecule has 3 rings (SSSR count). The number of thiazole rings is 1. The summed E-state index contributed by atoms with van der Waals surface area (Å²) in [6.45, 7) is 4.10. The molecule has 1 atom stereocenters. The summed E-state index contributed by atoms with van der Waals surface area (Å²) in [4.78, 5) is 28.7. The van der Waals surface area contributed by atoms with E-state index in [0.717, 1.165) is 11.1 Å². The molecule has 6 nitrogen and oxygen atoms in total. The van der Waals surface area contributed by atoms with Crippen molar-refractivity contribution in [2.75, 3.05) is 10.6 Å². The van der Waals surface area contributed by atoms with Gasteiger partial charge in [-0.25, -0.2) is 9.78 Å². The maximum absolute atomic E-state index is 12.3. The number of anilines is 2. The zero-order valence-electron chi connectivity index (χ0n) is 15.6. The van der Waals surface area contributed by atoms with Gasteiger partial charge in [0.1, 0.15) is 0 Å². The van der Waals surface area contributed by atoms with Gasteiger partial charge in [-0.2, -0.15) is 0 Å². The number of carbonyl (C=O) groups excluding carboxylic acids is 2. The molecule has 0 aliphatic heterocycles. The number of nitrogens with one attached hydrogen (secondary N) is 2. The molecule has 0 fully saturated rings. The summed E-state index contributed by atoms with van der Waals surface area (Å²) < 4.78 is 5.24. The van der Waals surface area contributed by atoms with E-state index in [4.69, 9.17) is 4.74 Å². The fourth-order valence-electron chi connectivity index (χ4n) is 2.38. The minimum Gasteiger partial charge on any atom is -0.448 e. The molecular weight excluding hydrogens is 374 g/mol. The molecule has 0 radical (unpaired) electrons. The molecule has 1 amide bonds. The lowest BCUT2D eigenvalue weighted by molar-refractivity contribution is -0.123. The Hall–Kier alpha value is -3.19. The molecule has 2 N–H and O–H groups in total. The number of aryl methyl sites for hydroxylation is 1. The third kappa shape index (κ3) is 5.40. The predicted octanol–water partition coefficient (Wildman–Crippen LogP) is 4.25. The zero-order chi connectivity index (χ0) is 19.9. The fraction of sp³-hybridized carbons (Fsp3) is 0.190. The lowest BCUT2D eigenvalue weighted by Gasteiger charge is -2.13. The maximum Gasteiger partial charge on any atom is 0.358 e. The van der Waals surface area contributed by atoms with Crippen molar-refractivity contribution >= 4 is 34.0 Å². The van der Waals surface area contributed by atoms with Crippen molar-refractivity contribution in [3.05, 3.63) is 76.8 Å². The van der Waals surface area contributed by atoms with Gasteiger partial charge in [-0.05, 0) is 31.5 Å². The molecule has 1 unspecified atom stereocenters. The van der Waals surface area contributed by atoms with E-state index in [1.54, 1.807) is 17.5 Å². The number of carbonyl (C=O) groups is 2. The monoisotopic (exact) mass is 395 g/mol. The summed E-state index contributed by atoms with van der Waals surface area (Å²) in [7, 11) is 0. The number of benzene rings is 2. The lowest BCUT2D eigenvalue weighted by atomic mass is 10.2. The van der Waals surface area contributed by atoms with Gasteiger partial charge >= 0.3 is 5.97 Å². The molecule has 0 aliphatic rings. The molecule has 1 heterocycles. The van der Waals surface area contributed by atoms with Crippen LogP contribution in [0.4, 0.5) is 10.8 Å². The second kappa shape index (κ2) is 9.14. The van der Waals surface area contributed by atoms with Crippen LogP contribution in [0.5, 0.6) is 0 Å². The third-order valence-electron chi connectivity index (χ3n) is 3.97. The minimum atomic E-state index is -0.934. The predicted molar refractivity (Wildman–Crippen MR) is 111 cm³/mol. The van der Waals surface area contributed by atoms with Gasteiger partial charge in [0.15, 0.2) is 16.9 Å². The lowest BCUT2D eigenvalue weighted by Crippen LogP contribution is -2.30. The van der Waals surface area contributed by atoms with E-state index in [2.05, 4.69) is 15.6 Å². The first kappa shape index (κ1) is 19.6. The Morgan fingerprint density at radius 2 is 1.82 bits per heavy atom. The Kier molecular flexibility index (Phi) is 6.39. The summed E-state index contributed by atoms with van der Waals surface area (Å²) in [5.41, 5.74) is 3.04. The Bertz CT molecular complexity index is 939. The highest BCUT2D eigenvalue weighted by Crippen LogP contribution is 2.18. The first-order valence-electron chi connectivity index (χ1n) is 8.83. The van der Waals surface area contributed by atoms with E-state index in [1.807, 2.05) is 49.4 Å². The van der Waals surface area contributed by atoms with E-state index < -0.39 is 18.0 Å². The minimum absolute atomic E-state index is 0.176. The van der Waals surface area contributed by atoms with E-state index >= 15 is 0 Å². The summed E-state index contributed by atoms with van der Waals surface area (Å²) in [5, 5.41) is 8.12. The van der Waals surface area contributed by atoms with E-state index in [-0.39, 0.29) is 5.69 Å². The SMILES string of the molecule is Cc1ccc(NC(=O)C(C)OC(=O)c2csc(NCc3ccccc3)n2)cc1. The van der Waals surface area contributed by atoms with Crippen LogP contribution in [0.3, 0.4) is 0 Å². The van der Waals surface area contributed by atoms with Crippen LogP contribution >= 0.6 is 11.3 Å². The average Bonchev–Trinajstić information content (AvgIpc) is 3.18. The molecule has 2 aromatic carbocycles. The van der Waals surface area contributed by atoms with Gasteiger partial charge in [-0.1, -0.05) is 48.0 Å². The van der Waals surface area contributed by atoms with Crippen LogP contribution in [0.25, 0.3) is 0 Å². The van der Waals surface area contributed by atoms with Crippen LogP contribution in [0.15, 0.2) is 60.0 Å². The Morgan fingerprint density at radius 3 is 2.54 bits per heavy atom. The molecular formula is C21H21N3O3S. The van der Waals surface area contributed by atoms with Crippen molar-refractivity contribution in [1.29, 1.82) is 0 Å². The first-order valence-corrected chi connectivity index (χ1v) is 9.71. The van der Waals surface area contributed by atoms with Crippen molar-refractivity contribution in [2.24, 2.45) is 0 Å². The van der Waals surface area contributed by atoms with Gasteiger partial charge in [-0.15, -0.1) is 11.3 Å². The number of hydrogen-bond acceptors (Lipinski definition) is 6. The number of rotatable bonds is 7. The highest BCUT2D eigenvalue weighted by Gasteiger charge is 2.21. The smallest absolute Gasteiger partial charge is 0.358 e. The maximum atomic E-state index is 12.3. The van der Waals surface area contributed by atoms with Crippen LogP contribution < -0.4 is 10.6 Å². The molecule has 144 valence electrons. The number of amides is 1. The van der Waals surface area contributed by atoms with Gasteiger partial charge in [0.2, 0.25) is 0 Å². The standard InChI is InChI=1S/C21H21N3O3S/c1-14-8-10-17(11-9-14)23-19(25)15(2)27-20(26)18-13-28-21(24-18)22-12-16-6-4-3-5-7-16/h3-11,13,15H,12H2,1-2H3,(H,22,24)(H,23,25). The van der Waals surface area contributed by atoms with Gasteiger partial charge in [0, 0.05) is 17.6 Å². The number of aromatic nitrogens is 1. The van der Waals surface area contributed by atoms with Crippen LogP contribution in [0.1, 0.15) is 28.5 Å². The largest absolute Gasteiger partial charge is 0.448 e. The van der Waals surface area contributed by atoms with Crippen molar-refractivity contribution in [3.63, 3.8) is 0 Å². The van der Waals surface area contributed by atoms with Crippen LogP contribution in [0.2, 0.25) is 0 Å². The van der Waals surface area contributed by atoms with Crippen LogP contribution in [0, 0.1) is 6.92 Å². The highest BCUT2D eigenvalue weighted by atomic mass is 32.1. The Balaban J connectivity index is 1.51. The van der Waals surface area contributed by atoms with Crippen LogP contribution in [-0.4, -0.2) is 23.0 Å². The summed E-state index contributed by atoms with van der Waals surface area (Å²) in [5.74, 6) is -1.02. The molecule has 0 aliphatic carbocycles. The third-order valence-corrected chi connectivity index (χ3v) is 4.77. The molecule has 28 heavy (non-hydrogen) atoms. The van der Waals surface area contributed by atoms with Crippen molar-refractivity contribution in [1.82, 2.24) is 4.98 Å². The van der Waals surface area contributed by atoms with Gasteiger partial charge in [0.25, 0.3) is 5.91 Å². The van der Waals surface area contributed by atoms with Gasteiger partial charge in [0.05, 0.1) is 0 Å². The average molecular weight is 395 g/mol. The summed E-state index contributed by atoms with van der Waals surface area (Å²) in [6, 6.07) is 17.3. The quantitative estimate of drug-likeness (QED) is 0.585. The second-order valence-electron chi connectivity index (χ2n) is 6.28.